The Morgan fingerprint density at radius 2 is 1.79 bits per heavy atom. The van der Waals surface area contributed by atoms with Crippen LogP contribution in [0.5, 0.6) is 23.0 Å². The molecule has 52 heavy (non-hydrogen) atoms. The molecule has 0 atom stereocenters. The molecular formula is C38H40N5O8S+. The second kappa shape index (κ2) is 15.9. The van der Waals surface area contributed by atoms with Gasteiger partial charge in [0.2, 0.25) is 18.4 Å². The minimum absolute atomic E-state index is 0.0387. The van der Waals surface area contributed by atoms with E-state index in [-0.39, 0.29) is 57.1 Å². The Kier molecular flexibility index (Phi) is 10.7. The minimum atomic E-state index is -0.300. The van der Waals surface area contributed by atoms with Crippen molar-refractivity contribution < 1.29 is 37.8 Å². The van der Waals surface area contributed by atoms with Gasteiger partial charge in [0.05, 0.1) is 42.2 Å². The van der Waals surface area contributed by atoms with Crippen LogP contribution in [0.1, 0.15) is 11.4 Å². The maximum Gasteiger partial charge on any atom is 0.280 e. The SMILES string of the molecule is COc1ccc2cc3[n+](cc2c1OCC(=O)NCCOCCNC(=O)Cn1c(CCSC)nc(=O)c2ccccc21)CCc1cc2c(cc1-3)OCO2. The number of carbonyl (C=O) groups excluding carboxylic acids is 2. The second-order valence-corrected chi connectivity index (χ2v) is 13.3. The molecule has 3 aromatic carbocycles. The molecule has 4 heterocycles. The Bertz CT molecular complexity index is 2210. The first-order valence-corrected chi connectivity index (χ1v) is 18.5. The summed E-state index contributed by atoms with van der Waals surface area (Å²) in [5.74, 6) is 3.42. The summed E-state index contributed by atoms with van der Waals surface area (Å²) in [6, 6.07) is 17.2. The molecule has 2 aromatic heterocycles. The summed E-state index contributed by atoms with van der Waals surface area (Å²) in [5.41, 5.74) is 3.78. The third-order valence-corrected chi connectivity index (χ3v) is 9.69. The summed E-state index contributed by atoms with van der Waals surface area (Å²) in [5, 5.41) is 7.95. The highest BCUT2D eigenvalue weighted by atomic mass is 32.2. The van der Waals surface area contributed by atoms with E-state index in [0.717, 1.165) is 52.2 Å². The van der Waals surface area contributed by atoms with Gasteiger partial charge in [-0.05, 0) is 53.6 Å². The maximum atomic E-state index is 12.8. The zero-order valence-electron chi connectivity index (χ0n) is 29.1. The van der Waals surface area contributed by atoms with E-state index in [2.05, 4.69) is 32.3 Å². The fourth-order valence-corrected chi connectivity index (χ4v) is 6.94. The molecule has 2 aliphatic rings. The molecule has 7 rings (SSSR count). The molecule has 0 bridgehead atoms. The first-order chi connectivity index (χ1) is 25.4. The highest BCUT2D eigenvalue weighted by Crippen LogP contribution is 2.41. The lowest BCUT2D eigenvalue weighted by Gasteiger charge is -2.18. The molecule has 0 saturated heterocycles. The molecule has 13 nitrogen and oxygen atoms in total. The van der Waals surface area contributed by atoms with E-state index in [4.69, 9.17) is 23.7 Å². The molecule has 270 valence electrons. The van der Waals surface area contributed by atoms with Crippen LogP contribution >= 0.6 is 11.8 Å². The molecule has 0 unspecified atom stereocenters. The van der Waals surface area contributed by atoms with Crippen molar-refractivity contribution >= 4 is 45.3 Å². The minimum Gasteiger partial charge on any atom is -0.493 e. The summed E-state index contributed by atoms with van der Waals surface area (Å²) in [6.45, 7) is 1.94. The van der Waals surface area contributed by atoms with Gasteiger partial charge in [-0.3, -0.25) is 14.4 Å². The molecular weight excluding hydrogens is 687 g/mol. The van der Waals surface area contributed by atoms with Gasteiger partial charge in [-0.1, -0.05) is 12.1 Å². The molecule has 0 aliphatic carbocycles. The molecule has 0 saturated carbocycles. The highest BCUT2D eigenvalue weighted by Gasteiger charge is 2.29. The van der Waals surface area contributed by atoms with E-state index in [0.29, 0.717) is 41.2 Å². The van der Waals surface area contributed by atoms with Crippen molar-refractivity contribution in [3.63, 3.8) is 0 Å². The van der Waals surface area contributed by atoms with Crippen LogP contribution in [0, 0.1) is 0 Å². The Morgan fingerprint density at radius 3 is 2.60 bits per heavy atom. The van der Waals surface area contributed by atoms with Crippen molar-refractivity contribution in [1.29, 1.82) is 0 Å². The predicted molar refractivity (Wildman–Crippen MR) is 196 cm³/mol. The number of nitrogens with zero attached hydrogens (tertiary/aromatic N) is 3. The van der Waals surface area contributed by atoms with Gasteiger partial charge in [-0.25, -0.2) is 0 Å². The van der Waals surface area contributed by atoms with E-state index >= 15 is 0 Å². The Hall–Kier alpha value is -5.34. The van der Waals surface area contributed by atoms with Crippen LogP contribution < -0.4 is 39.7 Å². The second-order valence-electron chi connectivity index (χ2n) is 12.3. The van der Waals surface area contributed by atoms with Gasteiger partial charge in [0.25, 0.3) is 11.5 Å². The number of nitrogens with one attached hydrogen (secondary N) is 2. The van der Waals surface area contributed by atoms with Gasteiger partial charge in [-0.15, -0.1) is 0 Å². The lowest BCUT2D eigenvalue weighted by Crippen LogP contribution is -2.40. The molecule has 2 aliphatic heterocycles. The van der Waals surface area contributed by atoms with Crippen LogP contribution in [-0.2, 0) is 40.3 Å². The summed E-state index contributed by atoms with van der Waals surface area (Å²) < 4.78 is 32.5. The summed E-state index contributed by atoms with van der Waals surface area (Å²) in [4.78, 5) is 42.3. The summed E-state index contributed by atoms with van der Waals surface area (Å²) >= 11 is 1.65. The number of hydrogen-bond donors (Lipinski definition) is 2. The van der Waals surface area contributed by atoms with Crippen LogP contribution in [0.4, 0.5) is 0 Å². The molecule has 2 N–H and O–H groups in total. The average Bonchev–Trinajstić information content (AvgIpc) is 3.63. The number of carbonyl (C=O) groups is 2. The van der Waals surface area contributed by atoms with E-state index in [1.807, 2.05) is 42.8 Å². The molecule has 0 radical (unpaired) electrons. The van der Waals surface area contributed by atoms with Crippen molar-refractivity contribution in [2.24, 2.45) is 0 Å². The number of fused-ring (bicyclic) bond motifs is 6. The standard InChI is InChI=1S/C38H39N5O8S/c1-47-31-8-7-24-17-30-27-19-33-32(50-23-51-33)18-25(27)9-13-42(30)20-28(24)37(31)49-22-36(45)40-12-15-48-14-11-39-35(44)21-43-29-6-4-3-5-26(29)38(46)41-34(43)10-16-52-2/h3-8,17-20H,9-16,21-23H2,1-2H3,(H-,39,40,44,45)/p+1. The third kappa shape index (κ3) is 7.48. The van der Waals surface area contributed by atoms with Gasteiger partial charge >= 0.3 is 0 Å². The number of ether oxygens (including phenoxy) is 5. The number of aromatic nitrogens is 3. The quantitative estimate of drug-likeness (QED) is 0.122. The topological polar surface area (TPSA) is 143 Å². The highest BCUT2D eigenvalue weighted by molar-refractivity contribution is 7.98. The molecule has 0 fully saturated rings. The zero-order valence-corrected chi connectivity index (χ0v) is 29.9. The number of pyridine rings is 1. The van der Waals surface area contributed by atoms with Gasteiger partial charge in [0, 0.05) is 37.8 Å². The van der Waals surface area contributed by atoms with Crippen LogP contribution in [0.2, 0.25) is 0 Å². The van der Waals surface area contributed by atoms with Crippen molar-refractivity contribution in [3.8, 4) is 34.3 Å². The van der Waals surface area contributed by atoms with Crippen LogP contribution in [-0.4, -0.2) is 80.2 Å². The van der Waals surface area contributed by atoms with E-state index in [9.17, 15) is 14.4 Å². The van der Waals surface area contributed by atoms with E-state index < -0.39 is 0 Å². The average molecular weight is 727 g/mol. The van der Waals surface area contributed by atoms with E-state index in [1.165, 1.54) is 5.56 Å². The fourth-order valence-electron chi connectivity index (χ4n) is 6.55. The number of para-hydroxylation sites is 1. The van der Waals surface area contributed by atoms with Crippen molar-refractivity contribution in [2.75, 3.05) is 58.8 Å². The Balaban J connectivity index is 0.887. The number of hydrogen-bond acceptors (Lipinski definition) is 10. The molecule has 0 spiro atoms. The number of amides is 2. The lowest BCUT2D eigenvalue weighted by atomic mass is 9.95. The normalized spacial score (nSPS) is 12.7. The molecule has 5 aromatic rings. The monoisotopic (exact) mass is 726 g/mol. The first kappa shape index (κ1) is 35.1. The first-order valence-electron chi connectivity index (χ1n) is 17.1. The maximum absolute atomic E-state index is 12.8. The number of methoxy groups -OCH3 is 1. The van der Waals surface area contributed by atoms with Gasteiger partial charge in [-0.2, -0.15) is 21.3 Å². The number of aryl methyl sites for hydroxylation is 3. The van der Waals surface area contributed by atoms with Gasteiger partial charge in [0.15, 0.2) is 42.3 Å². The van der Waals surface area contributed by atoms with Crippen LogP contribution in [0.3, 0.4) is 0 Å². The summed E-state index contributed by atoms with van der Waals surface area (Å²) in [6.07, 6.45) is 5.46. The Morgan fingerprint density at radius 1 is 1.00 bits per heavy atom. The van der Waals surface area contributed by atoms with E-state index in [1.54, 1.807) is 35.6 Å². The Labute approximate surface area is 304 Å². The van der Waals surface area contributed by atoms with Gasteiger partial charge in [0.1, 0.15) is 12.4 Å². The third-order valence-electron chi connectivity index (χ3n) is 9.08. The van der Waals surface area contributed by atoms with Crippen LogP contribution in [0.25, 0.3) is 32.9 Å². The number of benzene rings is 3. The number of rotatable bonds is 15. The lowest BCUT2D eigenvalue weighted by molar-refractivity contribution is -0.686. The number of thioether (sulfide) groups is 1. The van der Waals surface area contributed by atoms with Crippen molar-refractivity contribution in [1.82, 2.24) is 20.2 Å². The fraction of sp³-hybridized carbons (Fsp3) is 0.342. The smallest absolute Gasteiger partial charge is 0.280 e. The van der Waals surface area contributed by atoms with Crippen molar-refractivity contribution in [3.05, 3.63) is 82.5 Å². The van der Waals surface area contributed by atoms with Gasteiger partial charge < -0.3 is 38.9 Å². The molecule has 14 heteroatoms. The summed E-state index contributed by atoms with van der Waals surface area (Å²) in [7, 11) is 1.57. The zero-order chi connectivity index (χ0) is 36.0. The predicted octanol–water partition coefficient (Wildman–Crippen LogP) is 3.03. The van der Waals surface area contributed by atoms with Crippen molar-refractivity contribution in [2.45, 2.75) is 25.9 Å². The molecule has 2 amide bonds. The largest absolute Gasteiger partial charge is 0.493 e. The van der Waals surface area contributed by atoms with Crippen LogP contribution in [0.15, 0.2) is 65.6 Å².